The van der Waals surface area contributed by atoms with E-state index < -0.39 is 0 Å². The smallest absolute Gasteiger partial charge is 0.141 e. The molecular formula is C16H17BrClNO. The molecule has 0 radical (unpaired) electrons. The molecule has 4 heteroatoms. The van der Waals surface area contributed by atoms with Crippen molar-refractivity contribution in [3.05, 3.63) is 57.0 Å². The Morgan fingerprint density at radius 3 is 2.60 bits per heavy atom. The third-order valence-corrected chi connectivity index (χ3v) is 3.85. The standard InChI is InChI=1S/C16H17BrClNO/c1-10-3-6-16(14(17)7-10)20-13-5-4-12(8-11(2)19)15(18)9-13/h3-7,9,11H,8,19H2,1-2H3. The van der Waals surface area contributed by atoms with Crippen molar-refractivity contribution in [2.75, 3.05) is 0 Å². The van der Waals surface area contributed by atoms with Crippen LogP contribution in [0.4, 0.5) is 0 Å². The molecule has 0 saturated heterocycles. The maximum absolute atomic E-state index is 6.26. The summed E-state index contributed by atoms with van der Waals surface area (Å²) in [5.74, 6) is 1.49. The van der Waals surface area contributed by atoms with Gasteiger partial charge in [0.1, 0.15) is 11.5 Å². The highest BCUT2D eigenvalue weighted by Gasteiger charge is 2.07. The molecule has 0 aliphatic heterocycles. The minimum atomic E-state index is 0.0884. The van der Waals surface area contributed by atoms with Gasteiger partial charge in [0.2, 0.25) is 0 Å². The number of aryl methyl sites for hydroxylation is 1. The van der Waals surface area contributed by atoms with Crippen molar-refractivity contribution in [1.29, 1.82) is 0 Å². The lowest BCUT2D eigenvalue weighted by atomic mass is 10.1. The Balaban J connectivity index is 2.20. The van der Waals surface area contributed by atoms with Gasteiger partial charge in [-0.15, -0.1) is 0 Å². The molecule has 2 aromatic carbocycles. The van der Waals surface area contributed by atoms with Crippen LogP contribution in [-0.2, 0) is 6.42 Å². The molecular weight excluding hydrogens is 338 g/mol. The van der Waals surface area contributed by atoms with Gasteiger partial charge in [-0.1, -0.05) is 23.7 Å². The molecule has 0 bridgehead atoms. The Morgan fingerprint density at radius 2 is 2.00 bits per heavy atom. The fourth-order valence-corrected chi connectivity index (χ4v) is 2.74. The van der Waals surface area contributed by atoms with Gasteiger partial charge >= 0.3 is 0 Å². The third kappa shape index (κ3) is 3.98. The zero-order chi connectivity index (χ0) is 14.7. The van der Waals surface area contributed by atoms with Crippen LogP contribution in [0.1, 0.15) is 18.1 Å². The number of rotatable bonds is 4. The maximum Gasteiger partial charge on any atom is 0.141 e. The van der Waals surface area contributed by atoms with E-state index in [1.807, 2.05) is 50.2 Å². The zero-order valence-corrected chi connectivity index (χ0v) is 13.8. The van der Waals surface area contributed by atoms with Crippen LogP contribution in [0.3, 0.4) is 0 Å². The number of nitrogens with two attached hydrogens (primary N) is 1. The summed E-state index contributed by atoms with van der Waals surface area (Å²) in [6, 6.07) is 11.7. The van der Waals surface area contributed by atoms with E-state index in [0.717, 1.165) is 22.2 Å². The number of halogens is 2. The van der Waals surface area contributed by atoms with E-state index in [4.69, 9.17) is 22.1 Å². The Morgan fingerprint density at radius 1 is 1.25 bits per heavy atom. The molecule has 0 heterocycles. The average molecular weight is 355 g/mol. The van der Waals surface area contributed by atoms with E-state index in [9.17, 15) is 0 Å². The molecule has 2 aromatic rings. The van der Waals surface area contributed by atoms with Gasteiger partial charge in [-0.05, 0) is 71.6 Å². The summed E-state index contributed by atoms with van der Waals surface area (Å²) in [7, 11) is 0. The fraction of sp³-hybridized carbons (Fsp3) is 0.250. The van der Waals surface area contributed by atoms with E-state index in [1.165, 1.54) is 5.56 Å². The summed E-state index contributed by atoms with van der Waals surface area (Å²) < 4.78 is 6.77. The first kappa shape index (κ1) is 15.4. The summed E-state index contributed by atoms with van der Waals surface area (Å²) in [4.78, 5) is 0. The van der Waals surface area contributed by atoms with E-state index in [-0.39, 0.29) is 6.04 Å². The first-order chi connectivity index (χ1) is 9.45. The second kappa shape index (κ2) is 6.61. The Labute approximate surface area is 133 Å². The molecule has 1 atom stereocenters. The van der Waals surface area contributed by atoms with Crippen molar-refractivity contribution < 1.29 is 4.74 Å². The fourth-order valence-electron chi connectivity index (χ4n) is 1.92. The van der Waals surface area contributed by atoms with Crippen LogP contribution in [0, 0.1) is 6.92 Å². The Bertz CT molecular complexity index is 613. The molecule has 2 N–H and O–H groups in total. The normalized spacial score (nSPS) is 12.2. The largest absolute Gasteiger partial charge is 0.456 e. The predicted molar refractivity (Wildman–Crippen MR) is 87.8 cm³/mol. The highest BCUT2D eigenvalue weighted by atomic mass is 79.9. The number of hydrogen-bond donors (Lipinski definition) is 1. The van der Waals surface area contributed by atoms with Crippen molar-refractivity contribution in [2.45, 2.75) is 26.3 Å². The first-order valence-electron chi connectivity index (χ1n) is 6.43. The van der Waals surface area contributed by atoms with E-state index >= 15 is 0 Å². The second-order valence-electron chi connectivity index (χ2n) is 4.97. The number of hydrogen-bond acceptors (Lipinski definition) is 2. The monoisotopic (exact) mass is 353 g/mol. The van der Waals surface area contributed by atoms with E-state index in [1.54, 1.807) is 0 Å². The van der Waals surface area contributed by atoms with Crippen LogP contribution >= 0.6 is 27.5 Å². The Hall–Kier alpha value is -1.03. The highest BCUT2D eigenvalue weighted by molar-refractivity contribution is 9.10. The molecule has 0 aliphatic rings. The van der Waals surface area contributed by atoms with Crippen LogP contribution in [0.5, 0.6) is 11.5 Å². The quantitative estimate of drug-likeness (QED) is 0.829. The Kier molecular flexibility index (Phi) is 5.08. The molecule has 0 spiro atoms. The highest BCUT2D eigenvalue weighted by Crippen LogP contribution is 2.32. The van der Waals surface area contributed by atoms with Crippen LogP contribution < -0.4 is 10.5 Å². The summed E-state index contributed by atoms with van der Waals surface area (Å²) in [5, 5.41) is 0.683. The molecule has 1 unspecified atom stereocenters. The molecule has 0 fully saturated rings. The van der Waals surface area contributed by atoms with Crippen molar-refractivity contribution in [3.63, 3.8) is 0 Å². The molecule has 2 nitrogen and oxygen atoms in total. The number of benzene rings is 2. The van der Waals surface area contributed by atoms with Crippen LogP contribution in [0.2, 0.25) is 5.02 Å². The lowest BCUT2D eigenvalue weighted by Crippen LogP contribution is -2.17. The molecule has 2 rings (SSSR count). The third-order valence-electron chi connectivity index (χ3n) is 2.88. The van der Waals surface area contributed by atoms with E-state index in [0.29, 0.717) is 10.8 Å². The minimum absolute atomic E-state index is 0.0884. The maximum atomic E-state index is 6.26. The SMILES string of the molecule is Cc1ccc(Oc2ccc(CC(C)N)c(Cl)c2)c(Br)c1. The summed E-state index contributed by atoms with van der Waals surface area (Å²) in [6.45, 7) is 4.00. The van der Waals surface area contributed by atoms with Gasteiger partial charge < -0.3 is 10.5 Å². The zero-order valence-electron chi connectivity index (χ0n) is 11.5. The number of ether oxygens (including phenoxy) is 1. The minimum Gasteiger partial charge on any atom is -0.456 e. The van der Waals surface area contributed by atoms with Gasteiger partial charge in [0.05, 0.1) is 4.47 Å². The van der Waals surface area contributed by atoms with Gasteiger partial charge in [0.15, 0.2) is 0 Å². The van der Waals surface area contributed by atoms with Crippen molar-refractivity contribution in [2.24, 2.45) is 5.73 Å². The topological polar surface area (TPSA) is 35.2 Å². The summed E-state index contributed by atoms with van der Waals surface area (Å²) in [6.07, 6.45) is 0.757. The molecule has 0 aliphatic carbocycles. The summed E-state index contributed by atoms with van der Waals surface area (Å²) >= 11 is 9.75. The molecule has 20 heavy (non-hydrogen) atoms. The van der Waals surface area contributed by atoms with Gasteiger partial charge in [0.25, 0.3) is 0 Å². The average Bonchev–Trinajstić information content (AvgIpc) is 2.36. The first-order valence-corrected chi connectivity index (χ1v) is 7.61. The van der Waals surface area contributed by atoms with Crippen LogP contribution in [0.25, 0.3) is 0 Å². The van der Waals surface area contributed by atoms with Gasteiger partial charge in [-0.2, -0.15) is 0 Å². The second-order valence-corrected chi connectivity index (χ2v) is 6.23. The van der Waals surface area contributed by atoms with Gasteiger partial charge in [0, 0.05) is 11.1 Å². The van der Waals surface area contributed by atoms with Crippen LogP contribution in [0.15, 0.2) is 40.9 Å². The van der Waals surface area contributed by atoms with Crippen LogP contribution in [-0.4, -0.2) is 6.04 Å². The molecule has 0 amide bonds. The van der Waals surface area contributed by atoms with E-state index in [2.05, 4.69) is 15.9 Å². The summed E-state index contributed by atoms with van der Waals surface area (Å²) in [5.41, 5.74) is 8.01. The molecule has 106 valence electrons. The molecule has 0 aromatic heterocycles. The van der Waals surface area contributed by atoms with Crippen molar-refractivity contribution in [3.8, 4) is 11.5 Å². The lowest BCUT2D eigenvalue weighted by Gasteiger charge is -2.11. The van der Waals surface area contributed by atoms with Gasteiger partial charge in [-0.3, -0.25) is 0 Å². The van der Waals surface area contributed by atoms with Crippen molar-refractivity contribution in [1.82, 2.24) is 0 Å². The lowest BCUT2D eigenvalue weighted by molar-refractivity contribution is 0.479. The predicted octanol–water partition coefficient (Wildman–Crippen LogP) is 5.09. The molecule has 0 saturated carbocycles. The van der Waals surface area contributed by atoms with Gasteiger partial charge in [-0.25, -0.2) is 0 Å². The van der Waals surface area contributed by atoms with Crippen molar-refractivity contribution >= 4 is 27.5 Å².